The maximum atomic E-state index is 5.40. The third kappa shape index (κ3) is 2.36. The highest BCUT2D eigenvalue weighted by Crippen LogP contribution is 2.29. The highest BCUT2D eigenvalue weighted by atomic mass is 16.5. The topological polar surface area (TPSA) is 28.3 Å². The molecule has 0 bridgehead atoms. The number of nitrogens with one attached hydrogen (secondary N) is 1. The molecule has 0 aliphatic carbocycles. The summed E-state index contributed by atoms with van der Waals surface area (Å²) in [6.45, 7) is 6.48. The van der Waals surface area contributed by atoms with Crippen LogP contribution in [0.2, 0.25) is 0 Å². The summed E-state index contributed by atoms with van der Waals surface area (Å²) in [5.74, 6) is 0.965. The SMILES string of the molecule is CCN(C)CCc1c[nH]c2ccc(OC)c(C)c12. The van der Waals surface area contributed by atoms with Crippen LogP contribution in [0, 0.1) is 6.92 Å². The standard InChI is InChI=1S/C15H22N2O/c1-5-17(3)9-8-12-10-16-13-6-7-14(18-4)11(2)15(12)13/h6-7,10,16H,5,8-9H2,1-4H3. The van der Waals surface area contributed by atoms with Gasteiger partial charge in [-0.05, 0) is 44.6 Å². The summed E-state index contributed by atoms with van der Waals surface area (Å²) in [7, 11) is 3.88. The van der Waals surface area contributed by atoms with Gasteiger partial charge < -0.3 is 14.6 Å². The molecule has 0 amide bonds. The van der Waals surface area contributed by atoms with Gasteiger partial charge in [0, 0.05) is 29.2 Å². The Morgan fingerprint density at radius 2 is 2.11 bits per heavy atom. The molecule has 0 radical (unpaired) electrons. The number of rotatable bonds is 5. The van der Waals surface area contributed by atoms with Crippen molar-refractivity contribution in [3.8, 4) is 5.75 Å². The van der Waals surface area contributed by atoms with Gasteiger partial charge >= 0.3 is 0 Å². The molecule has 1 heterocycles. The van der Waals surface area contributed by atoms with Crippen molar-refractivity contribution in [1.29, 1.82) is 0 Å². The number of hydrogen-bond acceptors (Lipinski definition) is 2. The maximum absolute atomic E-state index is 5.40. The van der Waals surface area contributed by atoms with Gasteiger partial charge in [-0.1, -0.05) is 6.92 Å². The molecular formula is C15H22N2O. The zero-order valence-electron chi connectivity index (χ0n) is 11.7. The lowest BCUT2D eigenvalue weighted by atomic mass is 10.0. The largest absolute Gasteiger partial charge is 0.496 e. The highest BCUT2D eigenvalue weighted by Gasteiger charge is 2.10. The van der Waals surface area contributed by atoms with Crippen LogP contribution in [0.15, 0.2) is 18.3 Å². The summed E-state index contributed by atoms with van der Waals surface area (Å²) in [6, 6.07) is 4.12. The number of aryl methyl sites for hydroxylation is 1. The van der Waals surface area contributed by atoms with E-state index in [0.717, 1.165) is 25.3 Å². The Hall–Kier alpha value is -1.48. The van der Waals surface area contributed by atoms with E-state index >= 15 is 0 Å². The van der Waals surface area contributed by atoms with E-state index in [1.54, 1.807) is 7.11 Å². The molecule has 0 aliphatic rings. The predicted molar refractivity (Wildman–Crippen MR) is 76.5 cm³/mol. The van der Waals surface area contributed by atoms with Crippen molar-refractivity contribution >= 4 is 10.9 Å². The first-order chi connectivity index (χ1) is 8.67. The molecule has 0 unspecified atom stereocenters. The van der Waals surface area contributed by atoms with Gasteiger partial charge in [-0.15, -0.1) is 0 Å². The molecule has 98 valence electrons. The van der Waals surface area contributed by atoms with Gasteiger partial charge in [0.15, 0.2) is 0 Å². The van der Waals surface area contributed by atoms with Gasteiger partial charge in [-0.2, -0.15) is 0 Å². The van der Waals surface area contributed by atoms with Crippen molar-refractivity contribution in [1.82, 2.24) is 9.88 Å². The minimum Gasteiger partial charge on any atom is -0.496 e. The number of benzene rings is 1. The van der Waals surface area contributed by atoms with Crippen molar-refractivity contribution in [2.45, 2.75) is 20.3 Å². The summed E-state index contributed by atoms with van der Waals surface area (Å²) in [6.07, 6.45) is 3.19. The second-order valence-corrected chi connectivity index (χ2v) is 4.78. The fourth-order valence-corrected chi connectivity index (χ4v) is 2.35. The lowest BCUT2D eigenvalue weighted by Crippen LogP contribution is -2.20. The van der Waals surface area contributed by atoms with Gasteiger partial charge in [0.25, 0.3) is 0 Å². The lowest BCUT2D eigenvalue weighted by molar-refractivity contribution is 0.358. The zero-order valence-corrected chi connectivity index (χ0v) is 11.7. The van der Waals surface area contributed by atoms with E-state index in [4.69, 9.17) is 4.74 Å². The second-order valence-electron chi connectivity index (χ2n) is 4.78. The van der Waals surface area contributed by atoms with E-state index in [-0.39, 0.29) is 0 Å². The van der Waals surface area contributed by atoms with E-state index < -0.39 is 0 Å². The first kappa shape index (κ1) is 13.0. The first-order valence-corrected chi connectivity index (χ1v) is 6.49. The Morgan fingerprint density at radius 3 is 2.78 bits per heavy atom. The minimum atomic E-state index is 0.965. The maximum Gasteiger partial charge on any atom is 0.122 e. The van der Waals surface area contributed by atoms with Crippen LogP contribution in [0.25, 0.3) is 10.9 Å². The van der Waals surface area contributed by atoms with Gasteiger partial charge in [0.2, 0.25) is 0 Å². The number of likely N-dealkylation sites (N-methyl/N-ethyl adjacent to an activating group) is 1. The molecule has 0 spiro atoms. The van der Waals surface area contributed by atoms with Crippen LogP contribution in [0.3, 0.4) is 0 Å². The van der Waals surface area contributed by atoms with Crippen molar-refractivity contribution in [3.63, 3.8) is 0 Å². The van der Waals surface area contributed by atoms with E-state index in [0.29, 0.717) is 0 Å². The number of H-pyrrole nitrogens is 1. The van der Waals surface area contributed by atoms with Crippen LogP contribution in [0.5, 0.6) is 5.75 Å². The lowest BCUT2D eigenvalue weighted by Gasteiger charge is -2.13. The van der Waals surface area contributed by atoms with E-state index in [1.165, 1.54) is 22.0 Å². The van der Waals surface area contributed by atoms with Crippen molar-refractivity contribution in [3.05, 3.63) is 29.5 Å². The smallest absolute Gasteiger partial charge is 0.122 e. The second kappa shape index (κ2) is 5.44. The number of aromatic nitrogens is 1. The first-order valence-electron chi connectivity index (χ1n) is 6.49. The number of aromatic amines is 1. The van der Waals surface area contributed by atoms with Gasteiger partial charge in [-0.3, -0.25) is 0 Å². The number of hydrogen-bond donors (Lipinski definition) is 1. The number of methoxy groups -OCH3 is 1. The molecule has 1 aromatic heterocycles. The molecule has 3 nitrogen and oxygen atoms in total. The van der Waals surface area contributed by atoms with Crippen molar-refractivity contribution in [2.24, 2.45) is 0 Å². The highest BCUT2D eigenvalue weighted by molar-refractivity contribution is 5.88. The summed E-state index contributed by atoms with van der Waals surface area (Å²) in [4.78, 5) is 5.68. The molecular weight excluding hydrogens is 224 g/mol. The fourth-order valence-electron chi connectivity index (χ4n) is 2.35. The summed E-state index contributed by atoms with van der Waals surface area (Å²) in [5.41, 5.74) is 3.80. The molecule has 18 heavy (non-hydrogen) atoms. The van der Waals surface area contributed by atoms with Gasteiger partial charge in [0.1, 0.15) is 5.75 Å². The van der Waals surface area contributed by atoms with Crippen LogP contribution in [0.4, 0.5) is 0 Å². The Labute approximate surface area is 109 Å². The van der Waals surface area contributed by atoms with Crippen LogP contribution < -0.4 is 4.74 Å². The average molecular weight is 246 g/mol. The van der Waals surface area contributed by atoms with Gasteiger partial charge in [0.05, 0.1) is 7.11 Å². The molecule has 1 N–H and O–H groups in total. The molecule has 2 aromatic rings. The minimum absolute atomic E-state index is 0.965. The third-order valence-corrected chi connectivity index (χ3v) is 3.66. The number of nitrogens with zero attached hydrogens (tertiary/aromatic N) is 1. The predicted octanol–water partition coefficient (Wildman–Crippen LogP) is 2.98. The number of fused-ring (bicyclic) bond motifs is 1. The van der Waals surface area contributed by atoms with Gasteiger partial charge in [-0.25, -0.2) is 0 Å². The molecule has 3 heteroatoms. The van der Waals surface area contributed by atoms with Crippen LogP contribution in [-0.2, 0) is 6.42 Å². The number of ether oxygens (including phenoxy) is 1. The Bertz CT molecular complexity index is 531. The van der Waals surface area contributed by atoms with E-state index in [2.05, 4.69) is 43.0 Å². The molecule has 0 atom stereocenters. The van der Waals surface area contributed by atoms with Crippen molar-refractivity contribution in [2.75, 3.05) is 27.2 Å². The Balaban J connectivity index is 2.33. The van der Waals surface area contributed by atoms with Crippen LogP contribution in [-0.4, -0.2) is 37.1 Å². The molecule has 0 aliphatic heterocycles. The molecule has 0 saturated carbocycles. The third-order valence-electron chi connectivity index (χ3n) is 3.66. The Kier molecular flexibility index (Phi) is 3.92. The molecule has 2 rings (SSSR count). The molecule has 0 saturated heterocycles. The zero-order chi connectivity index (χ0) is 13.1. The average Bonchev–Trinajstić information content (AvgIpc) is 2.80. The summed E-state index contributed by atoms with van der Waals surface area (Å²) in [5, 5.41) is 1.32. The van der Waals surface area contributed by atoms with E-state index in [9.17, 15) is 0 Å². The van der Waals surface area contributed by atoms with Crippen LogP contribution in [0.1, 0.15) is 18.1 Å². The van der Waals surface area contributed by atoms with Crippen LogP contribution >= 0.6 is 0 Å². The normalized spacial score (nSPS) is 11.4. The molecule has 0 fully saturated rings. The molecule has 1 aromatic carbocycles. The summed E-state index contributed by atoms with van der Waals surface area (Å²) >= 11 is 0. The summed E-state index contributed by atoms with van der Waals surface area (Å²) < 4.78 is 5.40. The van der Waals surface area contributed by atoms with Crippen molar-refractivity contribution < 1.29 is 4.74 Å². The fraction of sp³-hybridized carbons (Fsp3) is 0.467. The Morgan fingerprint density at radius 1 is 1.33 bits per heavy atom. The quantitative estimate of drug-likeness (QED) is 0.878. The monoisotopic (exact) mass is 246 g/mol. The van der Waals surface area contributed by atoms with E-state index in [1.807, 2.05) is 6.07 Å².